The van der Waals surface area contributed by atoms with Crippen molar-refractivity contribution in [1.29, 1.82) is 0 Å². The molecule has 4 aromatic rings. The molecule has 0 aliphatic rings. The van der Waals surface area contributed by atoms with Crippen molar-refractivity contribution in [2.45, 2.75) is 31.3 Å². The molecule has 36 heavy (non-hydrogen) atoms. The molecule has 194 valence electrons. The molecule has 0 bridgehead atoms. The number of thioether (sulfide) groups is 1. The van der Waals surface area contributed by atoms with Crippen molar-refractivity contribution >= 4 is 32.8 Å². The molecule has 1 atom stereocenters. The van der Waals surface area contributed by atoms with Crippen molar-refractivity contribution in [2.75, 3.05) is 18.6 Å². The summed E-state index contributed by atoms with van der Waals surface area (Å²) in [6, 6.07) is 15.2. The van der Waals surface area contributed by atoms with E-state index < -0.39 is 10.0 Å². The van der Waals surface area contributed by atoms with E-state index in [1.54, 1.807) is 6.20 Å². The number of aryl methyl sites for hydroxylation is 1. The normalized spacial score (nSPS) is 11.9. The van der Waals surface area contributed by atoms with Crippen molar-refractivity contribution in [3.05, 3.63) is 66.5 Å². The molecule has 12 heteroatoms. The number of nitrogens with one attached hydrogen (secondary N) is 1. The largest absolute Gasteiger partial charge is 1.00 e. The average molecular weight is 596 g/mol. The topological polar surface area (TPSA) is 114 Å². The van der Waals surface area contributed by atoms with E-state index in [9.17, 15) is 13.5 Å². The minimum absolute atomic E-state index is 0. The lowest BCUT2D eigenvalue weighted by Gasteiger charge is -2.13. The monoisotopic (exact) mass is 594 g/mol. The SMILES string of the molecule is CCC(C)c1cccc(-n2nc3ccccc3n2)c1O.C[n+]1cccnc1SCCNS(C)(=O)=O.[Br-]. The van der Waals surface area contributed by atoms with E-state index in [1.807, 2.05) is 66.3 Å². The van der Waals surface area contributed by atoms with Gasteiger partial charge in [0.15, 0.2) is 0 Å². The molecule has 2 N–H and O–H groups in total. The highest BCUT2D eigenvalue weighted by Crippen LogP contribution is 2.32. The summed E-state index contributed by atoms with van der Waals surface area (Å²) in [4.78, 5) is 5.67. The first kappa shape index (κ1) is 29.7. The maximum absolute atomic E-state index is 10.8. The lowest BCUT2D eigenvalue weighted by Crippen LogP contribution is -3.00. The second kappa shape index (κ2) is 13.7. The van der Waals surface area contributed by atoms with Crippen LogP contribution >= 0.6 is 11.8 Å². The minimum atomic E-state index is -3.08. The van der Waals surface area contributed by atoms with Gasteiger partial charge in [0.25, 0.3) is 0 Å². The first-order valence-electron chi connectivity index (χ1n) is 11.2. The first-order chi connectivity index (χ1) is 16.7. The van der Waals surface area contributed by atoms with Crippen LogP contribution in [0.4, 0.5) is 0 Å². The Hall–Kier alpha value is -2.54. The number of phenols is 1. The highest BCUT2D eigenvalue weighted by atomic mass is 79.9. The Morgan fingerprint density at radius 3 is 2.36 bits per heavy atom. The molecule has 9 nitrogen and oxygen atoms in total. The van der Waals surface area contributed by atoms with Crippen LogP contribution in [-0.2, 0) is 17.1 Å². The van der Waals surface area contributed by atoms with E-state index in [0.29, 0.717) is 23.9 Å². The van der Waals surface area contributed by atoms with E-state index in [1.165, 1.54) is 16.6 Å². The first-order valence-corrected chi connectivity index (χ1v) is 14.1. The predicted molar refractivity (Wildman–Crippen MR) is 138 cm³/mol. The number of hydrogen-bond acceptors (Lipinski definition) is 7. The van der Waals surface area contributed by atoms with E-state index >= 15 is 0 Å². The Labute approximate surface area is 226 Å². The quantitative estimate of drug-likeness (QED) is 0.129. The number of phenolic OH excluding ortho intramolecular Hbond substituents is 1. The van der Waals surface area contributed by atoms with Gasteiger partial charge in [-0.2, -0.15) is 0 Å². The van der Waals surface area contributed by atoms with Gasteiger partial charge >= 0.3 is 5.16 Å². The molecule has 0 radical (unpaired) electrons. The Morgan fingerprint density at radius 1 is 1.11 bits per heavy atom. The van der Waals surface area contributed by atoms with E-state index in [0.717, 1.165) is 34.4 Å². The maximum Gasteiger partial charge on any atom is 0.358 e. The molecule has 0 aliphatic carbocycles. The summed E-state index contributed by atoms with van der Waals surface area (Å²) in [5, 5.41) is 20.2. The molecular formula is C24H31BrN6O3S2. The van der Waals surface area contributed by atoms with E-state index in [4.69, 9.17) is 0 Å². The van der Waals surface area contributed by atoms with Gasteiger partial charge in [0.1, 0.15) is 28.7 Å². The van der Waals surface area contributed by atoms with E-state index in [-0.39, 0.29) is 22.7 Å². The lowest BCUT2D eigenvalue weighted by molar-refractivity contribution is -0.713. The summed E-state index contributed by atoms with van der Waals surface area (Å²) in [5.74, 6) is 1.24. The summed E-state index contributed by atoms with van der Waals surface area (Å²) < 4.78 is 25.9. The molecule has 0 saturated carbocycles. The molecule has 0 amide bonds. The average Bonchev–Trinajstić information content (AvgIpc) is 3.26. The van der Waals surface area contributed by atoms with Crippen LogP contribution in [0.25, 0.3) is 16.7 Å². The van der Waals surface area contributed by atoms with E-state index in [2.05, 4.69) is 33.8 Å². The number of benzene rings is 2. The third-order valence-corrected chi connectivity index (χ3v) is 7.06. The van der Waals surface area contributed by atoms with Crippen molar-refractivity contribution in [3.8, 4) is 11.4 Å². The smallest absolute Gasteiger partial charge is 0.358 e. The minimum Gasteiger partial charge on any atom is -1.00 e. The Kier molecular flexibility index (Phi) is 11.3. The third kappa shape index (κ3) is 8.26. The standard InChI is InChI=1S/C16H17N3O.C8H14N3O2S2.BrH/c1-3-11(2)12-7-6-10-15(16(12)20)19-17-13-8-4-5-9-14(13)18-19;1-11-6-3-4-9-8(11)14-7-5-10-15(2,12)13;/h4-11,20H,3H2,1-2H3;3-4,6,10H,5,7H2,1-2H3;1H/q;+1;/p-1. The molecule has 0 aliphatic heterocycles. The molecule has 2 aromatic heterocycles. The third-order valence-electron chi connectivity index (χ3n) is 5.27. The van der Waals surface area contributed by atoms with Crippen LogP contribution in [0.2, 0.25) is 0 Å². The zero-order valence-electron chi connectivity index (χ0n) is 20.7. The zero-order valence-corrected chi connectivity index (χ0v) is 23.9. The Morgan fingerprint density at radius 2 is 1.78 bits per heavy atom. The van der Waals surface area contributed by atoms with Gasteiger partial charge in [-0.3, -0.25) is 0 Å². The molecule has 0 saturated heterocycles. The Balaban J connectivity index is 0.000000258. The van der Waals surface area contributed by atoms with Crippen molar-refractivity contribution in [1.82, 2.24) is 24.7 Å². The molecule has 4 rings (SSSR count). The fraction of sp³-hybridized carbons (Fsp3) is 0.333. The fourth-order valence-corrected chi connectivity index (χ4v) is 4.62. The Bertz CT molecular complexity index is 1350. The summed E-state index contributed by atoms with van der Waals surface area (Å²) in [6.07, 6.45) is 5.75. The molecule has 2 aromatic carbocycles. The number of para-hydroxylation sites is 1. The highest BCUT2D eigenvalue weighted by molar-refractivity contribution is 7.99. The summed E-state index contributed by atoms with van der Waals surface area (Å²) in [5.41, 5.74) is 3.20. The number of hydrogen-bond donors (Lipinski definition) is 2. The molecule has 2 heterocycles. The van der Waals surface area contributed by atoms with Gasteiger partial charge in [0.2, 0.25) is 10.0 Å². The van der Waals surface area contributed by atoms with Crippen LogP contribution in [0.15, 0.2) is 66.1 Å². The van der Waals surface area contributed by atoms with Gasteiger partial charge in [-0.1, -0.05) is 38.1 Å². The second-order valence-corrected chi connectivity index (χ2v) is 10.9. The van der Waals surface area contributed by atoms with Crippen LogP contribution in [0.5, 0.6) is 5.75 Å². The maximum atomic E-state index is 10.8. The number of fused-ring (bicyclic) bond motifs is 1. The molecular weight excluding hydrogens is 564 g/mol. The van der Waals surface area contributed by atoms with Crippen LogP contribution in [-0.4, -0.2) is 52.1 Å². The summed E-state index contributed by atoms with van der Waals surface area (Å²) >= 11 is 1.51. The van der Waals surface area contributed by atoms with Crippen molar-refractivity contribution < 1.29 is 35.1 Å². The molecule has 1 unspecified atom stereocenters. The van der Waals surface area contributed by atoms with Crippen LogP contribution in [0.3, 0.4) is 0 Å². The van der Waals surface area contributed by atoms with Gasteiger partial charge in [-0.25, -0.2) is 17.7 Å². The predicted octanol–water partition coefficient (Wildman–Crippen LogP) is 0.191. The molecule has 0 spiro atoms. The number of rotatable bonds is 8. The van der Waals surface area contributed by atoms with Crippen LogP contribution in [0, 0.1) is 0 Å². The van der Waals surface area contributed by atoms with Gasteiger partial charge < -0.3 is 22.1 Å². The van der Waals surface area contributed by atoms with Gasteiger partial charge in [0, 0.05) is 18.4 Å². The summed E-state index contributed by atoms with van der Waals surface area (Å²) in [6.45, 7) is 4.63. The zero-order chi connectivity index (χ0) is 25.4. The number of halogens is 1. The second-order valence-electron chi connectivity index (χ2n) is 8.03. The van der Waals surface area contributed by atoms with Crippen molar-refractivity contribution in [3.63, 3.8) is 0 Å². The number of sulfonamides is 1. The number of aromatic hydroxyl groups is 1. The number of aromatic nitrogens is 5. The number of nitrogens with zero attached hydrogens (tertiary/aromatic N) is 5. The lowest BCUT2D eigenvalue weighted by atomic mass is 9.97. The van der Waals surface area contributed by atoms with Gasteiger partial charge in [-0.05, 0) is 52.8 Å². The van der Waals surface area contributed by atoms with Crippen LogP contribution < -0.4 is 26.3 Å². The highest BCUT2D eigenvalue weighted by Gasteiger charge is 2.15. The summed E-state index contributed by atoms with van der Waals surface area (Å²) in [7, 11) is -1.18. The fourth-order valence-electron chi connectivity index (χ4n) is 3.23. The van der Waals surface area contributed by atoms with Gasteiger partial charge in [-0.15, -0.1) is 15.0 Å². The van der Waals surface area contributed by atoms with Crippen LogP contribution in [0.1, 0.15) is 31.7 Å². The van der Waals surface area contributed by atoms with Gasteiger partial charge in [0.05, 0.1) is 19.5 Å². The molecule has 0 fully saturated rings. The van der Waals surface area contributed by atoms with Crippen molar-refractivity contribution in [2.24, 2.45) is 7.05 Å².